The lowest BCUT2D eigenvalue weighted by Gasteiger charge is -2.34. The first kappa shape index (κ1) is 8.48. The highest BCUT2D eigenvalue weighted by molar-refractivity contribution is 4.98. The average Bonchev–Trinajstić information content (AvgIpc) is 2.50. The van der Waals surface area contributed by atoms with E-state index >= 15 is 0 Å². The van der Waals surface area contributed by atoms with Crippen LogP contribution in [0.5, 0.6) is 0 Å². The maximum Gasteiger partial charge on any atom is 0.0584 e. The van der Waals surface area contributed by atoms with Crippen molar-refractivity contribution in [2.24, 2.45) is 0 Å². The molecule has 0 aromatic carbocycles. The van der Waals surface area contributed by atoms with E-state index in [1.165, 1.54) is 6.42 Å². The van der Waals surface area contributed by atoms with Crippen LogP contribution in [0.25, 0.3) is 0 Å². The van der Waals surface area contributed by atoms with Crippen molar-refractivity contribution in [1.29, 1.82) is 0 Å². The third kappa shape index (κ3) is 1.49. The van der Waals surface area contributed by atoms with Crippen molar-refractivity contribution in [1.82, 2.24) is 5.32 Å². The molecular formula is C9H17NO2. The number of aliphatic hydroxyl groups excluding tert-OH is 1. The molecule has 2 rings (SSSR count). The summed E-state index contributed by atoms with van der Waals surface area (Å²) in [4.78, 5) is 0. The molecule has 0 amide bonds. The Kier molecular flexibility index (Phi) is 2.35. The Morgan fingerprint density at radius 2 is 2.08 bits per heavy atom. The molecule has 0 bridgehead atoms. The molecule has 2 aliphatic rings. The fraction of sp³-hybridized carbons (Fsp3) is 1.00. The highest BCUT2D eigenvalue weighted by atomic mass is 16.5. The van der Waals surface area contributed by atoms with Crippen molar-refractivity contribution >= 4 is 0 Å². The minimum atomic E-state index is 0.280. The van der Waals surface area contributed by atoms with Crippen molar-refractivity contribution < 1.29 is 9.84 Å². The molecule has 2 saturated heterocycles. The van der Waals surface area contributed by atoms with Gasteiger partial charge in [-0.05, 0) is 25.7 Å². The first-order valence-corrected chi connectivity index (χ1v) is 4.81. The quantitative estimate of drug-likeness (QED) is 0.595. The van der Waals surface area contributed by atoms with Crippen LogP contribution in [0.2, 0.25) is 0 Å². The molecule has 0 aromatic rings. The van der Waals surface area contributed by atoms with Crippen molar-refractivity contribution in [2.75, 3.05) is 19.8 Å². The summed E-state index contributed by atoms with van der Waals surface area (Å²) in [5, 5.41) is 12.5. The van der Waals surface area contributed by atoms with E-state index < -0.39 is 0 Å². The van der Waals surface area contributed by atoms with Crippen LogP contribution in [0.1, 0.15) is 25.7 Å². The molecule has 0 aliphatic carbocycles. The normalized spacial score (nSPS) is 34.2. The Balaban J connectivity index is 1.94. The predicted octanol–water partition coefficient (Wildman–Crippen LogP) is 0.280. The smallest absolute Gasteiger partial charge is 0.0584 e. The van der Waals surface area contributed by atoms with E-state index in [2.05, 4.69) is 5.32 Å². The summed E-state index contributed by atoms with van der Waals surface area (Å²) in [5.74, 6) is 0. The average molecular weight is 171 g/mol. The Bertz CT molecular complexity index is 155. The van der Waals surface area contributed by atoms with E-state index in [0.717, 1.165) is 32.5 Å². The molecule has 1 atom stereocenters. The van der Waals surface area contributed by atoms with Crippen molar-refractivity contribution in [3.63, 3.8) is 0 Å². The number of ether oxygens (including phenoxy) is 1. The number of rotatable bonds is 1. The minimum absolute atomic E-state index is 0.280. The van der Waals surface area contributed by atoms with E-state index in [-0.39, 0.29) is 6.61 Å². The molecule has 1 unspecified atom stereocenters. The van der Waals surface area contributed by atoms with Gasteiger partial charge in [-0.3, -0.25) is 0 Å². The van der Waals surface area contributed by atoms with E-state index in [9.17, 15) is 0 Å². The summed E-state index contributed by atoms with van der Waals surface area (Å²) in [6.45, 7) is 2.04. The van der Waals surface area contributed by atoms with Crippen LogP contribution in [0, 0.1) is 0 Å². The van der Waals surface area contributed by atoms with Crippen LogP contribution in [-0.4, -0.2) is 36.5 Å². The third-order valence-corrected chi connectivity index (χ3v) is 3.15. The molecule has 0 aromatic heterocycles. The molecular weight excluding hydrogens is 154 g/mol. The zero-order chi connectivity index (χ0) is 8.44. The minimum Gasteiger partial charge on any atom is -0.395 e. The fourth-order valence-electron chi connectivity index (χ4n) is 2.32. The molecule has 0 radical (unpaired) electrons. The van der Waals surface area contributed by atoms with Crippen LogP contribution in [0.4, 0.5) is 0 Å². The number of nitrogens with one attached hydrogen (secondary N) is 1. The van der Waals surface area contributed by atoms with Gasteiger partial charge in [0.25, 0.3) is 0 Å². The standard InChI is InChI=1S/C9H17NO2/c11-7-8-1-2-9(10-8)3-5-12-6-4-9/h8,10-11H,1-7H2. The topological polar surface area (TPSA) is 41.5 Å². The van der Waals surface area contributed by atoms with Gasteiger partial charge >= 0.3 is 0 Å². The van der Waals surface area contributed by atoms with Crippen LogP contribution >= 0.6 is 0 Å². The molecule has 0 saturated carbocycles. The van der Waals surface area contributed by atoms with Crippen molar-refractivity contribution in [3.05, 3.63) is 0 Å². The monoisotopic (exact) mass is 171 g/mol. The van der Waals surface area contributed by atoms with Crippen molar-refractivity contribution in [3.8, 4) is 0 Å². The molecule has 3 nitrogen and oxygen atoms in total. The second-order valence-corrected chi connectivity index (χ2v) is 3.96. The molecule has 2 N–H and O–H groups in total. The molecule has 2 fully saturated rings. The molecule has 1 spiro atoms. The van der Waals surface area contributed by atoms with Gasteiger partial charge < -0.3 is 15.2 Å². The van der Waals surface area contributed by atoms with E-state index in [4.69, 9.17) is 9.84 Å². The maximum absolute atomic E-state index is 8.99. The lowest BCUT2D eigenvalue weighted by atomic mass is 9.89. The Morgan fingerprint density at radius 1 is 1.33 bits per heavy atom. The van der Waals surface area contributed by atoms with Gasteiger partial charge in [0.05, 0.1) is 6.61 Å². The van der Waals surface area contributed by atoms with Gasteiger partial charge in [0.15, 0.2) is 0 Å². The van der Waals surface area contributed by atoms with E-state index in [1.807, 2.05) is 0 Å². The van der Waals surface area contributed by atoms with Gasteiger partial charge in [0, 0.05) is 24.8 Å². The number of hydrogen-bond acceptors (Lipinski definition) is 3. The summed E-state index contributed by atoms with van der Waals surface area (Å²) in [5.41, 5.74) is 0.311. The van der Waals surface area contributed by atoms with Crippen LogP contribution in [0.3, 0.4) is 0 Å². The maximum atomic E-state index is 8.99. The first-order valence-electron chi connectivity index (χ1n) is 4.81. The number of aliphatic hydroxyl groups is 1. The molecule has 12 heavy (non-hydrogen) atoms. The second kappa shape index (κ2) is 3.32. The Morgan fingerprint density at radius 3 is 2.67 bits per heavy atom. The molecule has 3 heteroatoms. The largest absolute Gasteiger partial charge is 0.395 e. The lowest BCUT2D eigenvalue weighted by Crippen LogP contribution is -2.48. The Labute approximate surface area is 73.1 Å². The van der Waals surface area contributed by atoms with Gasteiger partial charge in [-0.15, -0.1) is 0 Å². The summed E-state index contributed by atoms with van der Waals surface area (Å²) >= 11 is 0. The summed E-state index contributed by atoms with van der Waals surface area (Å²) in [6, 6.07) is 0.336. The summed E-state index contributed by atoms with van der Waals surface area (Å²) in [6.07, 6.45) is 4.56. The second-order valence-electron chi connectivity index (χ2n) is 3.96. The van der Waals surface area contributed by atoms with Crippen LogP contribution in [-0.2, 0) is 4.74 Å². The van der Waals surface area contributed by atoms with Gasteiger partial charge in [-0.2, -0.15) is 0 Å². The van der Waals surface area contributed by atoms with E-state index in [0.29, 0.717) is 11.6 Å². The SMILES string of the molecule is OCC1CCC2(CCOCC2)N1. The first-order chi connectivity index (χ1) is 5.85. The molecule has 2 heterocycles. The number of hydrogen-bond donors (Lipinski definition) is 2. The molecule has 2 aliphatic heterocycles. The van der Waals surface area contributed by atoms with Crippen LogP contribution in [0.15, 0.2) is 0 Å². The van der Waals surface area contributed by atoms with Gasteiger partial charge in [-0.25, -0.2) is 0 Å². The van der Waals surface area contributed by atoms with Crippen LogP contribution < -0.4 is 5.32 Å². The zero-order valence-corrected chi connectivity index (χ0v) is 7.38. The summed E-state index contributed by atoms with van der Waals surface area (Å²) < 4.78 is 5.32. The highest BCUT2D eigenvalue weighted by Crippen LogP contribution is 2.32. The molecule has 70 valence electrons. The van der Waals surface area contributed by atoms with Gasteiger partial charge in [0.2, 0.25) is 0 Å². The lowest BCUT2D eigenvalue weighted by molar-refractivity contribution is 0.0427. The fourth-order valence-corrected chi connectivity index (χ4v) is 2.32. The predicted molar refractivity (Wildman–Crippen MR) is 46.0 cm³/mol. The summed E-state index contributed by atoms with van der Waals surface area (Å²) in [7, 11) is 0. The highest BCUT2D eigenvalue weighted by Gasteiger charge is 2.38. The van der Waals surface area contributed by atoms with Gasteiger partial charge in [0.1, 0.15) is 0 Å². The zero-order valence-electron chi connectivity index (χ0n) is 7.38. The van der Waals surface area contributed by atoms with Crippen molar-refractivity contribution in [2.45, 2.75) is 37.3 Å². The Hall–Kier alpha value is -0.120. The third-order valence-electron chi connectivity index (χ3n) is 3.15. The van der Waals surface area contributed by atoms with Gasteiger partial charge in [-0.1, -0.05) is 0 Å². The van der Waals surface area contributed by atoms with E-state index in [1.54, 1.807) is 0 Å².